The van der Waals surface area contributed by atoms with Crippen LogP contribution in [0.15, 0.2) is 18.2 Å². The molecule has 0 radical (unpaired) electrons. The topological polar surface area (TPSA) is 12.5 Å². The van der Waals surface area contributed by atoms with Crippen LogP contribution < -0.4 is 0 Å². The Kier molecular flexibility index (Phi) is 1.85. The lowest BCUT2D eigenvalue weighted by Crippen LogP contribution is -1.94. The van der Waals surface area contributed by atoms with Crippen LogP contribution in [0.2, 0.25) is 0 Å². The highest BCUT2D eigenvalue weighted by Crippen LogP contribution is 2.17. The van der Waals surface area contributed by atoms with Gasteiger partial charge in [0.2, 0.25) is 0 Å². The summed E-state index contributed by atoms with van der Waals surface area (Å²) in [5.74, 6) is -0.129. The van der Waals surface area contributed by atoms with Gasteiger partial charge >= 0.3 is 0 Å². The highest BCUT2D eigenvalue weighted by molar-refractivity contribution is 5.24. The second-order valence-corrected chi connectivity index (χ2v) is 3.24. The van der Waals surface area contributed by atoms with Crippen molar-refractivity contribution in [2.45, 2.75) is 19.4 Å². The Labute approximate surface area is 71.2 Å². The molecule has 0 aromatic heterocycles. The molecule has 1 unspecified atom stereocenters. The summed E-state index contributed by atoms with van der Waals surface area (Å²) in [6.07, 6.45) is 1.30. The zero-order valence-corrected chi connectivity index (χ0v) is 7.01. The molecule has 2 rings (SSSR count). The standard InChI is InChI=1S/C10H11FO/c1-7-4-8(2-3-10(7)11)5-9-6-12-9/h2-4,9H,5-6H2,1H3. The van der Waals surface area contributed by atoms with E-state index in [1.54, 1.807) is 6.92 Å². The number of hydrogen-bond donors (Lipinski definition) is 0. The van der Waals surface area contributed by atoms with Gasteiger partial charge in [0.25, 0.3) is 0 Å². The van der Waals surface area contributed by atoms with Crippen molar-refractivity contribution >= 4 is 0 Å². The van der Waals surface area contributed by atoms with Gasteiger partial charge in [-0.15, -0.1) is 0 Å². The van der Waals surface area contributed by atoms with E-state index < -0.39 is 0 Å². The molecule has 64 valence electrons. The molecular formula is C10H11FO. The average molecular weight is 166 g/mol. The Hall–Kier alpha value is -0.890. The number of rotatable bonds is 2. The average Bonchev–Trinajstić information content (AvgIpc) is 2.81. The SMILES string of the molecule is Cc1cc(CC2CO2)ccc1F. The van der Waals surface area contributed by atoms with Crippen molar-refractivity contribution in [1.29, 1.82) is 0 Å². The first-order chi connectivity index (χ1) is 5.75. The van der Waals surface area contributed by atoms with Gasteiger partial charge in [0, 0.05) is 6.42 Å². The summed E-state index contributed by atoms with van der Waals surface area (Å²) < 4.78 is 17.9. The van der Waals surface area contributed by atoms with Crippen molar-refractivity contribution in [2.24, 2.45) is 0 Å². The lowest BCUT2D eigenvalue weighted by atomic mass is 10.1. The van der Waals surface area contributed by atoms with Gasteiger partial charge in [0.15, 0.2) is 0 Å². The van der Waals surface area contributed by atoms with Gasteiger partial charge in [-0.25, -0.2) is 4.39 Å². The zero-order valence-electron chi connectivity index (χ0n) is 7.01. The predicted molar refractivity (Wildman–Crippen MR) is 44.6 cm³/mol. The van der Waals surface area contributed by atoms with Gasteiger partial charge in [-0.05, 0) is 24.1 Å². The molecule has 1 atom stereocenters. The molecule has 1 nitrogen and oxygen atoms in total. The highest BCUT2D eigenvalue weighted by atomic mass is 19.1. The van der Waals surface area contributed by atoms with Crippen molar-refractivity contribution in [3.63, 3.8) is 0 Å². The van der Waals surface area contributed by atoms with Crippen LogP contribution >= 0.6 is 0 Å². The van der Waals surface area contributed by atoms with E-state index in [-0.39, 0.29) is 5.82 Å². The minimum Gasteiger partial charge on any atom is -0.373 e. The highest BCUT2D eigenvalue weighted by Gasteiger charge is 2.22. The molecule has 0 amide bonds. The third-order valence-corrected chi connectivity index (χ3v) is 2.09. The number of hydrogen-bond acceptors (Lipinski definition) is 1. The van der Waals surface area contributed by atoms with Crippen LogP contribution in [0.5, 0.6) is 0 Å². The van der Waals surface area contributed by atoms with E-state index in [0.29, 0.717) is 11.7 Å². The van der Waals surface area contributed by atoms with E-state index in [1.165, 1.54) is 6.07 Å². The largest absolute Gasteiger partial charge is 0.373 e. The van der Waals surface area contributed by atoms with Crippen LogP contribution in [0.3, 0.4) is 0 Å². The predicted octanol–water partition coefficient (Wildman–Crippen LogP) is 2.08. The van der Waals surface area contributed by atoms with Crippen molar-refractivity contribution in [3.05, 3.63) is 35.1 Å². The van der Waals surface area contributed by atoms with E-state index in [9.17, 15) is 4.39 Å². The van der Waals surface area contributed by atoms with E-state index >= 15 is 0 Å². The zero-order chi connectivity index (χ0) is 8.55. The fraction of sp³-hybridized carbons (Fsp3) is 0.400. The van der Waals surface area contributed by atoms with Crippen molar-refractivity contribution in [2.75, 3.05) is 6.61 Å². The number of ether oxygens (including phenoxy) is 1. The van der Waals surface area contributed by atoms with Gasteiger partial charge in [0.05, 0.1) is 12.7 Å². The number of epoxide rings is 1. The van der Waals surface area contributed by atoms with Crippen LogP contribution in [-0.2, 0) is 11.2 Å². The number of aryl methyl sites for hydroxylation is 1. The molecule has 0 spiro atoms. The molecule has 0 bridgehead atoms. The maximum Gasteiger partial charge on any atom is 0.126 e. The number of benzene rings is 1. The first kappa shape index (κ1) is 7.74. The molecule has 1 aliphatic rings. The Balaban J connectivity index is 2.15. The summed E-state index contributed by atoms with van der Waals surface area (Å²) in [5.41, 5.74) is 1.88. The molecule has 1 heterocycles. The summed E-state index contributed by atoms with van der Waals surface area (Å²) in [7, 11) is 0. The minimum absolute atomic E-state index is 0.129. The lowest BCUT2D eigenvalue weighted by molar-refractivity contribution is 0.407. The molecule has 1 aliphatic heterocycles. The number of halogens is 1. The molecule has 1 fully saturated rings. The summed E-state index contributed by atoms with van der Waals surface area (Å²) in [6, 6.07) is 5.23. The van der Waals surface area contributed by atoms with Crippen LogP contribution in [-0.4, -0.2) is 12.7 Å². The fourth-order valence-corrected chi connectivity index (χ4v) is 1.28. The van der Waals surface area contributed by atoms with Gasteiger partial charge in [-0.1, -0.05) is 12.1 Å². The van der Waals surface area contributed by atoms with Gasteiger partial charge in [-0.3, -0.25) is 0 Å². The van der Waals surface area contributed by atoms with Crippen molar-refractivity contribution in [3.8, 4) is 0 Å². The van der Waals surface area contributed by atoms with Gasteiger partial charge < -0.3 is 4.74 Å². The van der Waals surface area contributed by atoms with Crippen LogP contribution in [0.1, 0.15) is 11.1 Å². The molecule has 1 aromatic carbocycles. The third-order valence-electron chi connectivity index (χ3n) is 2.09. The van der Waals surface area contributed by atoms with E-state index in [0.717, 1.165) is 18.6 Å². The monoisotopic (exact) mass is 166 g/mol. The minimum atomic E-state index is -0.129. The molecule has 12 heavy (non-hydrogen) atoms. The quantitative estimate of drug-likeness (QED) is 0.613. The second kappa shape index (κ2) is 2.87. The van der Waals surface area contributed by atoms with E-state index in [4.69, 9.17) is 4.74 Å². The molecular weight excluding hydrogens is 155 g/mol. The third kappa shape index (κ3) is 1.64. The smallest absolute Gasteiger partial charge is 0.126 e. The van der Waals surface area contributed by atoms with E-state index in [2.05, 4.69) is 0 Å². The Morgan fingerprint density at radius 1 is 1.58 bits per heavy atom. The second-order valence-electron chi connectivity index (χ2n) is 3.24. The Morgan fingerprint density at radius 3 is 2.92 bits per heavy atom. The maximum atomic E-state index is 12.8. The molecule has 0 aliphatic carbocycles. The lowest BCUT2D eigenvalue weighted by Gasteiger charge is -2.00. The first-order valence-corrected chi connectivity index (χ1v) is 4.12. The first-order valence-electron chi connectivity index (χ1n) is 4.12. The summed E-state index contributed by atoms with van der Waals surface area (Å²) in [6.45, 7) is 2.64. The Bertz CT molecular complexity index is 292. The molecule has 0 N–H and O–H groups in total. The fourth-order valence-electron chi connectivity index (χ4n) is 1.28. The van der Waals surface area contributed by atoms with E-state index in [1.807, 2.05) is 12.1 Å². The van der Waals surface area contributed by atoms with Crippen molar-refractivity contribution in [1.82, 2.24) is 0 Å². The summed E-state index contributed by atoms with van der Waals surface area (Å²) in [5, 5.41) is 0. The van der Waals surface area contributed by atoms with Gasteiger partial charge in [0.1, 0.15) is 5.82 Å². The molecule has 1 aromatic rings. The van der Waals surface area contributed by atoms with Gasteiger partial charge in [-0.2, -0.15) is 0 Å². The summed E-state index contributed by atoms with van der Waals surface area (Å²) in [4.78, 5) is 0. The molecule has 1 saturated heterocycles. The van der Waals surface area contributed by atoms with Crippen molar-refractivity contribution < 1.29 is 9.13 Å². The molecule has 0 saturated carbocycles. The molecule has 2 heteroatoms. The van der Waals surface area contributed by atoms with Crippen LogP contribution in [0.25, 0.3) is 0 Å². The normalized spacial score (nSPS) is 21.0. The van der Waals surface area contributed by atoms with Crippen LogP contribution in [0.4, 0.5) is 4.39 Å². The van der Waals surface area contributed by atoms with Crippen LogP contribution in [0, 0.1) is 12.7 Å². The summed E-state index contributed by atoms with van der Waals surface area (Å²) >= 11 is 0. The maximum absolute atomic E-state index is 12.8. The Morgan fingerprint density at radius 2 is 2.33 bits per heavy atom.